The van der Waals surface area contributed by atoms with Crippen LogP contribution in [0, 0.1) is 0 Å². The fourth-order valence-corrected chi connectivity index (χ4v) is 5.80. The Balaban J connectivity index is 1.48. The number of hydrogen-bond acceptors (Lipinski definition) is 21. The van der Waals surface area contributed by atoms with Crippen LogP contribution in [-0.4, -0.2) is 209 Å². The van der Waals surface area contributed by atoms with Gasteiger partial charge in [-0.3, -0.25) is 4.79 Å². The molecular formula is C26H42O22. The first kappa shape index (κ1) is 39.0. The molecule has 0 saturated carbocycles. The molecular weight excluding hydrogens is 664 g/mol. The zero-order valence-electron chi connectivity index (χ0n) is 25.4. The van der Waals surface area contributed by atoms with E-state index in [-0.39, 0.29) is 0 Å². The van der Waals surface area contributed by atoms with Gasteiger partial charge in [-0.05, 0) is 6.92 Å². The molecule has 0 bridgehead atoms. The lowest BCUT2D eigenvalue weighted by molar-refractivity contribution is -0.383. The van der Waals surface area contributed by atoms with Crippen molar-refractivity contribution in [2.45, 2.75) is 137 Å². The van der Waals surface area contributed by atoms with Crippen molar-refractivity contribution in [1.29, 1.82) is 0 Å². The lowest BCUT2D eigenvalue weighted by atomic mass is 9.95. The number of aliphatic carboxylic acids is 1. The number of ether oxygens (including phenoxy) is 8. The average molecular weight is 707 g/mol. The first-order valence-electron chi connectivity index (χ1n) is 14.8. The lowest BCUT2D eigenvalue weighted by Gasteiger charge is -2.48. The minimum atomic E-state index is -2.18. The number of aliphatic hydroxyl groups excluding tert-OH is 11. The summed E-state index contributed by atoms with van der Waals surface area (Å²) >= 11 is 0. The lowest BCUT2D eigenvalue weighted by Crippen LogP contribution is -2.67. The van der Waals surface area contributed by atoms with Gasteiger partial charge in [0.15, 0.2) is 37.4 Å². The second-order valence-corrected chi connectivity index (χ2v) is 11.7. The number of rotatable bonds is 10. The van der Waals surface area contributed by atoms with Crippen LogP contribution >= 0.6 is 0 Å². The van der Waals surface area contributed by atoms with Crippen molar-refractivity contribution in [3.63, 3.8) is 0 Å². The predicted molar refractivity (Wildman–Crippen MR) is 143 cm³/mol. The van der Waals surface area contributed by atoms with Crippen LogP contribution in [0.1, 0.15) is 13.8 Å². The van der Waals surface area contributed by atoms with Gasteiger partial charge in [-0.2, -0.15) is 0 Å². The average Bonchev–Trinajstić information content (AvgIpc) is 3.03. The maximum atomic E-state index is 12.2. The van der Waals surface area contributed by atoms with Gasteiger partial charge in [-0.25, -0.2) is 4.79 Å². The van der Waals surface area contributed by atoms with Crippen molar-refractivity contribution in [3.05, 3.63) is 0 Å². The molecule has 0 aromatic rings. The summed E-state index contributed by atoms with van der Waals surface area (Å²) in [6.07, 6.45) is -36.7. The smallest absolute Gasteiger partial charge is 0.335 e. The quantitative estimate of drug-likeness (QED) is 0.0938. The van der Waals surface area contributed by atoms with Crippen molar-refractivity contribution in [1.82, 2.24) is 0 Å². The maximum Gasteiger partial charge on any atom is 0.335 e. The van der Waals surface area contributed by atoms with E-state index in [9.17, 15) is 70.9 Å². The first-order valence-corrected chi connectivity index (χ1v) is 14.8. The van der Waals surface area contributed by atoms with E-state index in [1.54, 1.807) is 0 Å². The summed E-state index contributed by atoms with van der Waals surface area (Å²) in [5.74, 6) is -2.68. The zero-order valence-corrected chi connectivity index (χ0v) is 25.4. The van der Waals surface area contributed by atoms with Gasteiger partial charge in [-0.15, -0.1) is 0 Å². The van der Waals surface area contributed by atoms with Gasteiger partial charge in [-0.1, -0.05) is 0 Å². The summed E-state index contributed by atoms with van der Waals surface area (Å²) in [7, 11) is 0. The number of aliphatic hydroxyl groups is 11. The van der Waals surface area contributed by atoms with Crippen LogP contribution in [0.4, 0.5) is 0 Å². The van der Waals surface area contributed by atoms with E-state index >= 15 is 0 Å². The number of esters is 1. The normalized spacial score (nSPS) is 50.1. The van der Waals surface area contributed by atoms with Gasteiger partial charge in [0.2, 0.25) is 0 Å². The van der Waals surface area contributed by atoms with Crippen molar-refractivity contribution in [2.75, 3.05) is 13.2 Å². The van der Waals surface area contributed by atoms with Crippen molar-refractivity contribution < 1.29 is 109 Å². The highest BCUT2D eigenvalue weighted by molar-refractivity contribution is 5.73. The molecule has 0 aliphatic carbocycles. The fraction of sp³-hybridized carbons (Fsp3) is 0.923. The topological polar surface area (TPSA) is 351 Å². The Morgan fingerprint density at radius 2 is 1.04 bits per heavy atom. The number of carbonyl (C=O) groups excluding carboxylic acids is 1. The summed E-state index contributed by atoms with van der Waals surface area (Å²) in [5, 5.41) is 123. The third-order valence-electron chi connectivity index (χ3n) is 8.40. The van der Waals surface area contributed by atoms with Gasteiger partial charge in [0.1, 0.15) is 79.4 Å². The van der Waals surface area contributed by atoms with Gasteiger partial charge in [0.25, 0.3) is 0 Å². The van der Waals surface area contributed by atoms with Crippen LogP contribution < -0.4 is 0 Å². The molecule has 4 aliphatic heterocycles. The Kier molecular flexibility index (Phi) is 13.0. The third-order valence-corrected chi connectivity index (χ3v) is 8.40. The molecule has 22 heteroatoms. The van der Waals surface area contributed by atoms with Crippen molar-refractivity contribution >= 4 is 11.9 Å². The zero-order chi connectivity index (χ0) is 35.8. The highest BCUT2D eigenvalue weighted by atomic mass is 16.8. The second kappa shape index (κ2) is 16.1. The van der Waals surface area contributed by atoms with Gasteiger partial charge >= 0.3 is 11.9 Å². The van der Waals surface area contributed by atoms with Crippen LogP contribution in [0.5, 0.6) is 0 Å². The summed E-state index contributed by atoms with van der Waals surface area (Å²) in [5.41, 5.74) is 0. The molecule has 22 nitrogen and oxygen atoms in total. The second-order valence-electron chi connectivity index (χ2n) is 11.7. The molecule has 12 N–H and O–H groups in total. The van der Waals surface area contributed by atoms with E-state index < -0.39 is 148 Å². The van der Waals surface area contributed by atoms with Crippen LogP contribution in [0.25, 0.3) is 0 Å². The van der Waals surface area contributed by atoms with Crippen molar-refractivity contribution in [3.8, 4) is 0 Å². The van der Waals surface area contributed by atoms with E-state index in [0.717, 1.165) is 6.92 Å². The Morgan fingerprint density at radius 3 is 1.58 bits per heavy atom. The molecule has 4 rings (SSSR count). The molecule has 0 aromatic carbocycles. The highest BCUT2D eigenvalue weighted by Crippen LogP contribution is 2.34. The minimum absolute atomic E-state index is 0.809. The minimum Gasteiger partial charge on any atom is -0.479 e. The maximum absolute atomic E-state index is 12.2. The van der Waals surface area contributed by atoms with E-state index in [1.165, 1.54) is 6.92 Å². The molecule has 0 aromatic heterocycles. The van der Waals surface area contributed by atoms with Gasteiger partial charge in [0, 0.05) is 6.92 Å². The molecule has 4 heterocycles. The Labute approximate surface area is 271 Å². The molecule has 0 unspecified atom stereocenters. The van der Waals surface area contributed by atoms with E-state index in [2.05, 4.69) is 0 Å². The predicted octanol–water partition coefficient (Wildman–Crippen LogP) is -8.06. The highest BCUT2D eigenvalue weighted by Gasteiger charge is 2.56. The molecule has 0 spiro atoms. The summed E-state index contributed by atoms with van der Waals surface area (Å²) in [4.78, 5) is 23.8. The number of carbonyl (C=O) groups is 2. The molecule has 0 radical (unpaired) electrons. The molecule has 48 heavy (non-hydrogen) atoms. The molecule has 4 fully saturated rings. The Bertz CT molecular complexity index is 1080. The summed E-state index contributed by atoms with van der Waals surface area (Å²) in [6.45, 7) is 0.567. The van der Waals surface area contributed by atoms with Crippen LogP contribution in [0.2, 0.25) is 0 Å². The van der Waals surface area contributed by atoms with Gasteiger partial charge < -0.3 is 99.2 Å². The summed E-state index contributed by atoms with van der Waals surface area (Å²) in [6, 6.07) is 0. The third kappa shape index (κ3) is 7.91. The number of carboxylic acids is 1. The van der Waals surface area contributed by atoms with E-state index in [1.807, 2.05) is 0 Å². The molecule has 0 amide bonds. The summed E-state index contributed by atoms with van der Waals surface area (Å²) < 4.78 is 42.7. The van der Waals surface area contributed by atoms with E-state index in [0.29, 0.717) is 0 Å². The number of carboxylic acid groups (broad SMARTS) is 1. The molecule has 4 aliphatic rings. The van der Waals surface area contributed by atoms with Crippen LogP contribution in [0.3, 0.4) is 0 Å². The Morgan fingerprint density at radius 1 is 0.562 bits per heavy atom. The molecule has 4 saturated heterocycles. The number of hydrogen-bond donors (Lipinski definition) is 12. The SMILES string of the molecule is CC(=O)O[C@H]1[C@H](O)[C@H](O)O[C@@H](C)[C@H]1O[C@@H]1O[C@H](C(=O)O)[C@@H](O[C@H]2O[C@H](CO)[C@@H](O[C@@H]3O[C@H](CO)[C@H](O)[C@H](O)[C@H]3O)[C@H](O)[C@H]2O)[C@H](O)[C@H]1O. The van der Waals surface area contributed by atoms with Gasteiger partial charge in [0.05, 0.1) is 19.3 Å². The fourth-order valence-electron chi connectivity index (χ4n) is 5.80. The first-order chi connectivity index (χ1) is 22.5. The van der Waals surface area contributed by atoms with Crippen LogP contribution in [0.15, 0.2) is 0 Å². The molecule has 278 valence electrons. The monoisotopic (exact) mass is 706 g/mol. The molecule has 20 atom stereocenters. The standard InChI is InChI=1S/C26H42O22/c1-5-17(20(42-6(2)29)16(37)23(40)41-5)45-26-15(36)12(33)19(21(48-26)22(38)39)47-25-14(35)11(32)18(8(4-28)44-25)46-24-13(34)10(31)9(30)7(3-27)43-24/h5,7-21,23-28,30-37,40H,3-4H2,1-2H3,(H,38,39)/t5-,7+,8+,9-,10-,11+,12+,13+,14+,15+,16-,17+,18+,19-,20-,21-,23+,24-,25+,26+/m0/s1. The Hall–Kier alpha value is -1.78. The largest absolute Gasteiger partial charge is 0.479 e. The van der Waals surface area contributed by atoms with E-state index in [4.69, 9.17) is 37.9 Å². The van der Waals surface area contributed by atoms with Crippen LogP contribution in [-0.2, 0) is 47.5 Å². The van der Waals surface area contributed by atoms with Crippen molar-refractivity contribution in [2.24, 2.45) is 0 Å².